The van der Waals surface area contributed by atoms with Crippen molar-refractivity contribution in [2.24, 2.45) is 0 Å². The van der Waals surface area contributed by atoms with Gasteiger partial charge in [0.2, 0.25) is 0 Å². The van der Waals surface area contributed by atoms with Gasteiger partial charge in [0.15, 0.2) is 6.29 Å². The van der Waals surface area contributed by atoms with Gasteiger partial charge in [-0.05, 0) is 24.5 Å². The lowest BCUT2D eigenvalue weighted by atomic mass is 10.1. The number of hydrogen-bond acceptors (Lipinski definition) is 4. The third-order valence-corrected chi connectivity index (χ3v) is 4.60. The van der Waals surface area contributed by atoms with Gasteiger partial charge in [0.25, 0.3) is 5.92 Å². The van der Waals surface area contributed by atoms with Crippen molar-refractivity contribution in [2.45, 2.75) is 44.2 Å². The van der Waals surface area contributed by atoms with Crippen molar-refractivity contribution >= 4 is 5.97 Å². The van der Waals surface area contributed by atoms with Crippen LogP contribution in [0.3, 0.4) is 0 Å². The molecule has 0 N–H and O–H groups in total. The quantitative estimate of drug-likeness (QED) is 0.510. The van der Waals surface area contributed by atoms with E-state index in [-0.39, 0.29) is 25.0 Å². The molecule has 0 amide bonds. The highest BCUT2D eigenvalue weighted by molar-refractivity contribution is 5.91. The zero-order valence-corrected chi connectivity index (χ0v) is 15.1. The number of carbonyl (C=O) groups excluding carboxylic acids is 1. The molecule has 0 aliphatic heterocycles. The molecule has 0 aromatic heterocycles. The van der Waals surface area contributed by atoms with E-state index in [9.17, 15) is 13.6 Å². The number of esters is 1. The normalized spacial score (nSPS) is 19.6. The summed E-state index contributed by atoms with van der Waals surface area (Å²) in [5.41, 5.74) is 1.49. The van der Waals surface area contributed by atoms with E-state index in [2.05, 4.69) is 0 Å². The molecular formula is C21H22F2O4. The lowest BCUT2D eigenvalue weighted by Gasteiger charge is -2.27. The second-order valence-electron chi connectivity index (χ2n) is 6.49. The molecule has 27 heavy (non-hydrogen) atoms. The number of alkyl halides is 2. The molecule has 1 aliphatic rings. The Bertz CT molecular complexity index is 764. The largest absolute Gasteiger partial charge is 0.465 e. The molecule has 2 aromatic rings. The fourth-order valence-electron chi connectivity index (χ4n) is 3.16. The zero-order chi connectivity index (χ0) is 19.3. The Morgan fingerprint density at radius 3 is 2.52 bits per heavy atom. The van der Waals surface area contributed by atoms with Gasteiger partial charge in [-0.15, -0.1) is 0 Å². The molecule has 1 aliphatic carbocycles. The molecule has 1 saturated carbocycles. The van der Waals surface area contributed by atoms with Crippen LogP contribution in [-0.2, 0) is 20.8 Å². The average molecular weight is 376 g/mol. The first kappa shape index (κ1) is 19.5. The van der Waals surface area contributed by atoms with Crippen LogP contribution < -0.4 is 0 Å². The monoisotopic (exact) mass is 376 g/mol. The SMILES string of the molecule is COC(=O)c1ccccc1C(OCc1ccccc1)OC1CCCC1(F)F. The van der Waals surface area contributed by atoms with Gasteiger partial charge in [-0.25, -0.2) is 13.6 Å². The van der Waals surface area contributed by atoms with E-state index in [0.717, 1.165) is 5.56 Å². The molecule has 2 aromatic carbocycles. The van der Waals surface area contributed by atoms with Crippen LogP contribution in [0, 0.1) is 0 Å². The van der Waals surface area contributed by atoms with Gasteiger partial charge >= 0.3 is 5.97 Å². The summed E-state index contributed by atoms with van der Waals surface area (Å²) in [6.07, 6.45) is -1.92. The van der Waals surface area contributed by atoms with Gasteiger partial charge < -0.3 is 14.2 Å². The number of methoxy groups -OCH3 is 1. The van der Waals surface area contributed by atoms with E-state index in [0.29, 0.717) is 12.0 Å². The van der Waals surface area contributed by atoms with Gasteiger partial charge in [0.1, 0.15) is 6.10 Å². The van der Waals surface area contributed by atoms with Crippen LogP contribution in [0.5, 0.6) is 0 Å². The van der Waals surface area contributed by atoms with Crippen molar-refractivity contribution in [3.63, 3.8) is 0 Å². The highest BCUT2D eigenvalue weighted by Gasteiger charge is 2.46. The van der Waals surface area contributed by atoms with Crippen LogP contribution in [-0.4, -0.2) is 25.1 Å². The Balaban J connectivity index is 1.86. The molecule has 0 bridgehead atoms. The molecule has 0 saturated heterocycles. The Morgan fingerprint density at radius 1 is 1.15 bits per heavy atom. The first-order valence-electron chi connectivity index (χ1n) is 8.87. The van der Waals surface area contributed by atoms with Crippen molar-refractivity contribution in [1.29, 1.82) is 0 Å². The Morgan fingerprint density at radius 2 is 1.85 bits per heavy atom. The third kappa shape index (κ3) is 4.70. The topological polar surface area (TPSA) is 44.8 Å². The second kappa shape index (κ2) is 8.59. The van der Waals surface area contributed by atoms with Crippen molar-refractivity contribution in [2.75, 3.05) is 7.11 Å². The summed E-state index contributed by atoms with van der Waals surface area (Å²) >= 11 is 0. The first-order valence-corrected chi connectivity index (χ1v) is 8.87. The molecule has 2 atom stereocenters. The number of hydrogen-bond donors (Lipinski definition) is 0. The van der Waals surface area contributed by atoms with E-state index >= 15 is 0 Å². The summed E-state index contributed by atoms with van der Waals surface area (Å²) in [6.45, 7) is 0.166. The fourth-order valence-corrected chi connectivity index (χ4v) is 3.16. The minimum Gasteiger partial charge on any atom is -0.465 e. The Kier molecular flexibility index (Phi) is 6.19. The molecule has 0 spiro atoms. The maximum absolute atomic E-state index is 14.1. The first-order chi connectivity index (χ1) is 13.0. The zero-order valence-electron chi connectivity index (χ0n) is 15.1. The molecule has 0 radical (unpaired) electrons. The van der Waals surface area contributed by atoms with Gasteiger partial charge in [-0.2, -0.15) is 0 Å². The second-order valence-corrected chi connectivity index (χ2v) is 6.49. The predicted octanol–water partition coefficient (Wildman–Crippen LogP) is 4.89. The lowest BCUT2D eigenvalue weighted by molar-refractivity contribution is -0.226. The van der Waals surface area contributed by atoms with E-state index in [4.69, 9.17) is 14.2 Å². The fraction of sp³-hybridized carbons (Fsp3) is 0.381. The molecular weight excluding hydrogens is 354 g/mol. The van der Waals surface area contributed by atoms with E-state index in [1.54, 1.807) is 24.3 Å². The highest BCUT2D eigenvalue weighted by atomic mass is 19.3. The molecule has 0 heterocycles. The van der Waals surface area contributed by atoms with E-state index in [1.165, 1.54) is 7.11 Å². The highest BCUT2D eigenvalue weighted by Crippen LogP contribution is 2.40. The number of halogens is 2. The number of carbonyl (C=O) groups is 1. The Labute approximate surface area is 157 Å². The van der Waals surface area contributed by atoms with Gasteiger partial charge in [-0.3, -0.25) is 0 Å². The molecule has 3 rings (SSSR count). The molecule has 144 valence electrons. The summed E-state index contributed by atoms with van der Waals surface area (Å²) in [6, 6.07) is 15.9. The lowest BCUT2D eigenvalue weighted by Crippen LogP contribution is -2.32. The van der Waals surface area contributed by atoms with E-state index < -0.39 is 24.3 Å². The van der Waals surface area contributed by atoms with Crippen LogP contribution in [0.2, 0.25) is 0 Å². The predicted molar refractivity (Wildman–Crippen MR) is 95.4 cm³/mol. The number of ether oxygens (including phenoxy) is 3. The molecule has 6 heteroatoms. The van der Waals surface area contributed by atoms with Gasteiger partial charge in [0.05, 0.1) is 19.3 Å². The Hall–Kier alpha value is -2.31. The summed E-state index contributed by atoms with van der Waals surface area (Å²) in [5, 5.41) is 0. The number of rotatable bonds is 7. The minimum atomic E-state index is -2.91. The van der Waals surface area contributed by atoms with Crippen LogP contribution in [0.25, 0.3) is 0 Å². The van der Waals surface area contributed by atoms with Crippen molar-refractivity contribution in [1.82, 2.24) is 0 Å². The van der Waals surface area contributed by atoms with Crippen LogP contribution in [0.15, 0.2) is 54.6 Å². The minimum absolute atomic E-state index is 0.166. The molecule has 4 nitrogen and oxygen atoms in total. The summed E-state index contributed by atoms with van der Waals surface area (Å²) in [4.78, 5) is 12.1. The van der Waals surface area contributed by atoms with Crippen LogP contribution in [0.1, 0.15) is 47.0 Å². The van der Waals surface area contributed by atoms with Crippen molar-refractivity contribution in [3.05, 3.63) is 71.3 Å². The third-order valence-electron chi connectivity index (χ3n) is 4.60. The van der Waals surface area contributed by atoms with E-state index in [1.807, 2.05) is 30.3 Å². The number of benzene rings is 2. The summed E-state index contributed by atoms with van der Waals surface area (Å²) < 4.78 is 44.5. The van der Waals surface area contributed by atoms with Gasteiger partial charge in [0, 0.05) is 12.0 Å². The summed E-state index contributed by atoms with van der Waals surface area (Å²) in [5.74, 6) is -3.48. The smallest absolute Gasteiger partial charge is 0.338 e. The van der Waals surface area contributed by atoms with Crippen molar-refractivity contribution < 1.29 is 27.8 Å². The molecule has 2 unspecified atom stereocenters. The molecule has 1 fully saturated rings. The van der Waals surface area contributed by atoms with Crippen LogP contribution >= 0.6 is 0 Å². The van der Waals surface area contributed by atoms with Gasteiger partial charge in [-0.1, -0.05) is 48.5 Å². The average Bonchev–Trinajstić information content (AvgIpc) is 3.03. The maximum Gasteiger partial charge on any atom is 0.338 e. The van der Waals surface area contributed by atoms with Crippen molar-refractivity contribution in [3.8, 4) is 0 Å². The van der Waals surface area contributed by atoms with Crippen LogP contribution in [0.4, 0.5) is 8.78 Å². The maximum atomic E-state index is 14.1. The standard InChI is InChI=1S/C21H22F2O4/c1-25-19(24)16-10-5-6-11-17(16)20(26-14-15-8-3-2-4-9-15)27-18-12-7-13-21(18,22)23/h2-6,8-11,18,20H,7,12-14H2,1H3. The summed E-state index contributed by atoms with van der Waals surface area (Å²) in [7, 11) is 1.27.